The Labute approximate surface area is 114 Å². The number of aromatic nitrogens is 1. The van der Waals surface area contributed by atoms with E-state index in [1.54, 1.807) is 0 Å². The van der Waals surface area contributed by atoms with Gasteiger partial charge in [0.05, 0.1) is 25.9 Å². The summed E-state index contributed by atoms with van der Waals surface area (Å²) in [4.78, 5) is 6.62. The maximum Gasteiger partial charge on any atom is 0.128 e. The van der Waals surface area contributed by atoms with Crippen LogP contribution in [-0.2, 0) is 11.3 Å². The van der Waals surface area contributed by atoms with Crippen LogP contribution >= 0.6 is 0 Å². The van der Waals surface area contributed by atoms with Gasteiger partial charge < -0.3 is 20.1 Å². The number of pyridine rings is 1. The summed E-state index contributed by atoms with van der Waals surface area (Å²) in [5, 5.41) is 12.7. The monoisotopic (exact) mass is 265 g/mol. The molecule has 0 aromatic carbocycles. The minimum Gasteiger partial charge on any atom is -0.394 e. The number of aliphatic hydroxyl groups excluding tert-OH is 1. The number of nitrogens with one attached hydrogen (secondary N) is 1. The van der Waals surface area contributed by atoms with Gasteiger partial charge in [0.15, 0.2) is 0 Å². The Bertz CT molecular complexity index is 369. The van der Waals surface area contributed by atoms with E-state index in [4.69, 9.17) is 4.74 Å². The molecule has 2 heterocycles. The molecule has 1 atom stereocenters. The van der Waals surface area contributed by atoms with Crippen LogP contribution in [-0.4, -0.2) is 49.0 Å². The molecule has 5 nitrogen and oxygen atoms in total. The minimum atomic E-state index is 0.0188. The van der Waals surface area contributed by atoms with Crippen LogP contribution in [0, 0.1) is 0 Å². The number of ether oxygens (including phenoxy) is 1. The molecule has 19 heavy (non-hydrogen) atoms. The molecule has 2 rings (SSSR count). The van der Waals surface area contributed by atoms with Crippen LogP contribution in [0.1, 0.15) is 18.9 Å². The zero-order valence-corrected chi connectivity index (χ0v) is 11.5. The molecule has 0 amide bonds. The van der Waals surface area contributed by atoms with Crippen LogP contribution in [0.25, 0.3) is 0 Å². The van der Waals surface area contributed by atoms with Crippen LogP contribution in [0.3, 0.4) is 0 Å². The molecule has 1 aliphatic rings. The van der Waals surface area contributed by atoms with Gasteiger partial charge in [-0.3, -0.25) is 0 Å². The quantitative estimate of drug-likeness (QED) is 0.744. The summed E-state index contributed by atoms with van der Waals surface area (Å²) in [5.74, 6) is 0.918. The predicted octanol–water partition coefficient (Wildman–Crippen LogP) is 0.779. The highest BCUT2D eigenvalue weighted by Gasteiger charge is 2.23. The van der Waals surface area contributed by atoms with E-state index in [0.717, 1.165) is 31.9 Å². The lowest BCUT2D eigenvalue weighted by molar-refractivity contribution is 0.0723. The molecule has 0 bridgehead atoms. The average Bonchev–Trinajstić information content (AvgIpc) is 2.48. The first-order valence-electron chi connectivity index (χ1n) is 6.96. The largest absolute Gasteiger partial charge is 0.394 e. The average molecular weight is 265 g/mol. The van der Waals surface area contributed by atoms with Crippen molar-refractivity contribution in [2.24, 2.45) is 0 Å². The summed E-state index contributed by atoms with van der Waals surface area (Å²) in [6.45, 7) is 6.18. The fourth-order valence-corrected chi connectivity index (χ4v) is 2.21. The summed E-state index contributed by atoms with van der Waals surface area (Å²) < 4.78 is 5.37. The molecular weight excluding hydrogens is 242 g/mol. The van der Waals surface area contributed by atoms with Gasteiger partial charge in [0.1, 0.15) is 5.82 Å². The number of hydrogen-bond acceptors (Lipinski definition) is 5. The molecule has 0 aliphatic carbocycles. The summed E-state index contributed by atoms with van der Waals surface area (Å²) in [6.07, 6.45) is 3.04. The van der Waals surface area contributed by atoms with Crippen molar-refractivity contribution in [3.05, 3.63) is 23.9 Å². The molecule has 1 unspecified atom stereocenters. The number of anilines is 1. The molecule has 1 aliphatic heterocycles. The maximum atomic E-state index is 9.36. The van der Waals surface area contributed by atoms with Crippen molar-refractivity contribution >= 4 is 5.82 Å². The summed E-state index contributed by atoms with van der Waals surface area (Å²) in [5.41, 5.74) is 1.19. The van der Waals surface area contributed by atoms with E-state index in [2.05, 4.69) is 28.2 Å². The zero-order valence-electron chi connectivity index (χ0n) is 11.5. The van der Waals surface area contributed by atoms with Crippen molar-refractivity contribution in [3.8, 4) is 0 Å². The van der Waals surface area contributed by atoms with Crippen molar-refractivity contribution < 1.29 is 9.84 Å². The van der Waals surface area contributed by atoms with Gasteiger partial charge in [-0.1, -0.05) is 13.0 Å². The molecular formula is C14H23N3O2. The van der Waals surface area contributed by atoms with Crippen LogP contribution < -0.4 is 10.2 Å². The summed E-state index contributed by atoms with van der Waals surface area (Å²) >= 11 is 0. The maximum absolute atomic E-state index is 9.36. The fourth-order valence-electron chi connectivity index (χ4n) is 2.21. The molecule has 0 spiro atoms. The molecule has 106 valence electrons. The molecule has 1 aromatic heterocycles. The smallest absolute Gasteiger partial charge is 0.128 e. The predicted molar refractivity (Wildman–Crippen MR) is 75.3 cm³/mol. The second-order valence-electron chi connectivity index (χ2n) is 4.81. The highest BCUT2D eigenvalue weighted by Crippen LogP contribution is 2.17. The van der Waals surface area contributed by atoms with Crippen LogP contribution in [0.4, 0.5) is 5.82 Å². The molecule has 1 aromatic rings. The number of rotatable bonds is 6. The first kappa shape index (κ1) is 14.2. The Balaban J connectivity index is 1.96. The van der Waals surface area contributed by atoms with Crippen molar-refractivity contribution in [2.45, 2.75) is 25.9 Å². The number of hydrogen-bond donors (Lipinski definition) is 2. The summed E-state index contributed by atoms with van der Waals surface area (Å²) in [6, 6.07) is 4.14. The molecule has 1 saturated heterocycles. The van der Waals surface area contributed by atoms with Gasteiger partial charge >= 0.3 is 0 Å². The molecule has 1 fully saturated rings. The van der Waals surface area contributed by atoms with Gasteiger partial charge in [-0.05, 0) is 24.6 Å². The second kappa shape index (κ2) is 7.43. The lowest BCUT2D eigenvalue weighted by Gasteiger charge is -2.35. The van der Waals surface area contributed by atoms with E-state index in [0.29, 0.717) is 13.2 Å². The van der Waals surface area contributed by atoms with E-state index in [9.17, 15) is 5.11 Å². The van der Waals surface area contributed by atoms with Crippen molar-refractivity contribution in [1.29, 1.82) is 0 Å². The summed E-state index contributed by atoms with van der Waals surface area (Å²) in [7, 11) is 0. The van der Waals surface area contributed by atoms with E-state index in [1.165, 1.54) is 5.56 Å². The van der Waals surface area contributed by atoms with Gasteiger partial charge in [0.25, 0.3) is 0 Å². The van der Waals surface area contributed by atoms with Crippen molar-refractivity contribution in [2.75, 3.05) is 37.8 Å². The Hall–Kier alpha value is -1.17. The second-order valence-corrected chi connectivity index (χ2v) is 4.81. The standard InChI is InChI=1S/C14H23N3O2/c1-2-5-15-8-12-3-4-14(16-9-12)17-6-7-19-11-13(17)10-18/h3-4,9,13,15,18H,2,5-8,10-11H2,1H3. The third kappa shape index (κ3) is 3.89. The lowest BCUT2D eigenvalue weighted by Crippen LogP contribution is -2.48. The number of morpholine rings is 1. The number of nitrogens with zero attached hydrogens (tertiary/aromatic N) is 2. The Kier molecular flexibility index (Phi) is 5.57. The van der Waals surface area contributed by atoms with Gasteiger partial charge in [-0.25, -0.2) is 4.98 Å². The zero-order chi connectivity index (χ0) is 13.5. The van der Waals surface area contributed by atoms with E-state index in [-0.39, 0.29) is 12.6 Å². The first-order valence-corrected chi connectivity index (χ1v) is 6.96. The highest BCUT2D eigenvalue weighted by atomic mass is 16.5. The van der Waals surface area contributed by atoms with Crippen LogP contribution in [0.5, 0.6) is 0 Å². The van der Waals surface area contributed by atoms with Crippen molar-refractivity contribution in [3.63, 3.8) is 0 Å². The Morgan fingerprint density at radius 2 is 2.42 bits per heavy atom. The van der Waals surface area contributed by atoms with Gasteiger partial charge in [-0.15, -0.1) is 0 Å². The normalized spacial score (nSPS) is 19.7. The van der Waals surface area contributed by atoms with Crippen molar-refractivity contribution in [1.82, 2.24) is 10.3 Å². The van der Waals surface area contributed by atoms with Gasteiger partial charge in [0.2, 0.25) is 0 Å². The first-order chi connectivity index (χ1) is 9.35. The van der Waals surface area contributed by atoms with E-state index < -0.39 is 0 Å². The van der Waals surface area contributed by atoms with Gasteiger partial charge in [0, 0.05) is 19.3 Å². The Morgan fingerprint density at radius 3 is 3.11 bits per heavy atom. The minimum absolute atomic E-state index is 0.0188. The SMILES string of the molecule is CCCNCc1ccc(N2CCOCC2CO)nc1. The van der Waals surface area contributed by atoms with Gasteiger partial charge in [-0.2, -0.15) is 0 Å². The third-order valence-corrected chi connectivity index (χ3v) is 3.30. The molecule has 5 heteroatoms. The van der Waals surface area contributed by atoms with E-state index in [1.807, 2.05) is 12.3 Å². The highest BCUT2D eigenvalue weighted by molar-refractivity contribution is 5.41. The molecule has 0 saturated carbocycles. The number of aliphatic hydroxyl groups is 1. The molecule has 2 N–H and O–H groups in total. The van der Waals surface area contributed by atoms with Crippen LogP contribution in [0.2, 0.25) is 0 Å². The topological polar surface area (TPSA) is 57.6 Å². The fraction of sp³-hybridized carbons (Fsp3) is 0.643. The molecule has 0 radical (unpaired) electrons. The third-order valence-electron chi connectivity index (χ3n) is 3.30. The van der Waals surface area contributed by atoms with Crippen LogP contribution in [0.15, 0.2) is 18.3 Å². The van der Waals surface area contributed by atoms with E-state index >= 15 is 0 Å². The lowest BCUT2D eigenvalue weighted by atomic mass is 10.2. The Morgan fingerprint density at radius 1 is 1.53 bits per heavy atom.